The van der Waals surface area contributed by atoms with E-state index in [0.29, 0.717) is 0 Å². The summed E-state index contributed by atoms with van der Waals surface area (Å²) in [5.74, 6) is 0.814. The molecule has 98 valence electrons. The van der Waals surface area contributed by atoms with Crippen LogP contribution >= 0.6 is 0 Å². The molecule has 1 aliphatic heterocycles. The smallest absolute Gasteiger partial charge is 0.263 e. The van der Waals surface area contributed by atoms with Crippen LogP contribution in [0.2, 0.25) is 0 Å². The Morgan fingerprint density at radius 2 is 1.89 bits per heavy atom. The summed E-state index contributed by atoms with van der Waals surface area (Å²) < 4.78 is 5.67. The van der Waals surface area contributed by atoms with Gasteiger partial charge in [-0.25, -0.2) is 0 Å². The number of piperazine rings is 1. The quantitative estimate of drug-likeness (QED) is 0.873. The predicted molar refractivity (Wildman–Crippen MR) is 70.7 cm³/mol. The highest BCUT2D eigenvalue weighted by Gasteiger charge is 2.23. The molecule has 0 aliphatic carbocycles. The van der Waals surface area contributed by atoms with Crippen molar-refractivity contribution >= 4 is 5.91 Å². The van der Waals surface area contributed by atoms with Crippen LogP contribution in [0.1, 0.15) is 12.5 Å². The average molecular weight is 248 g/mol. The lowest BCUT2D eigenvalue weighted by molar-refractivity contribution is -0.138. The molecule has 2 rings (SSSR count). The van der Waals surface area contributed by atoms with Gasteiger partial charge in [0.05, 0.1) is 0 Å². The van der Waals surface area contributed by atoms with Crippen LogP contribution in [0.3, 0.4) is 0 Å². The first-order valence-electron chi connectivity index (χ1n) is 6.39. The van der Waals surface area contributed by atoms with Crippen molar-refractivity contribution in [3.63, 3.8) is 0 Å². The van der Waals surface area contributed by atoms with E-state index in [0.717, 1.165) is 31.9 Å². The van der Waals surface area contributed by atoms with Crippen LogP contribution in [0.5, 0.6) is 5.75 Å². The SMILES string of the molecule is Cc1ccc(OC(C)C(=O)N2CCNCC2)cc1. The second-order valence-electron chi connectivity index (χ2n) is 4.65. The molecule has 1 saturated heterocycles. The number of nitrogens with zero attached hydrogens (tertiary/aromatic N) is 1. The number of benzene rings is 1. The highest BCUT2D eigenvalue weighted by Crippen LogP contribution is 2.14. The fourth-order valence-electron chi connectivity index (χ4n) is 2.01. The maximum Gasteiger partial charge on any atom is 0.263 e. The number of carbonyl (C=O) groups excluding carboxylic acids is 1. The normalized spacial score (nSPS) is 17.3. The summed E-state index contributed by atoms with van der Waals surface area (Å²) in [5.41, 5.74) is 1.18. The molecule has 0 saturated carbocycles. The Kier molecular flexibility index (Phi) is 4.20. The lowest BCUT2D eigenvalue weighted by atomic mass is 10.2. The zero-order valence-corrected chi connectivity index (χ0v) is 11.0. The van der Waals surface area contributed by atoms with Crippen molar-refractivity contribution in [2.45, 2.75) is 20.0 Å². The Bertz CT molecular complexity index is 397. The number of nitrogens with one attached hydrogen (secondary N) is 1. The van der Waals surface area contributed by atoms with Crippen molar-refractivity contribution in [2.24, 2.45) is 0 Å². The fraction of sp³-hybridized carbons (Fsp3) is 0.500. The molecule has 1 unspecified atom stereocenters. The van der Waals surface area contributed by atoms with E-state index in [1.807, 2.05) is 43.0 Å². The number of rotatable bonds is 3. The van der Waals surface area contributed by atoms with Crippen molar-refractivity contribution in [1.29, 1.82) is 0 Å². The van der Waals surface area contributed by atoms with Crippen LogP contribution in [0, 0.1) is 6.92 Å². The van der Waals surface area contributed by atoms with Crippen molar-refractivity contribution < 1.29 is 9.53 Å². The molecule has 0 spiro atoms. The fourth-order valence-corrected chi connectivity index (χ4v) is 2.01. The molecule has 1 amide bonds. The molecule has 1 heterocycles. The molecule has 18 heavy (non-hydrogen) atoms. The summed E-state index contributed by atoms with van der Waals surface area (Å²) in [6.07, 6.45) is -0.425. The monoisotopic (exact) mass is 248 g/mol. The van der Waals surface area contributed by atoms with Crippen LogP contribution < -0.4 is 10.1 Å². The van der Waals surface area contributed by atoms with E-state index < -0.39 is 6.10 Å². The number of amides is 1. The molecule has 1 N–H and O–H groups in total. The predicted octanol–water partition coefficient (Wildman–Crippen LogP) is 1.19. The Morgan fingerprint density at radius 1 is 1.28 bits per heavy atom. The third kappa shape index (κ3) is 3.23. The third-order valence-electron chi connectivity index (χ3n) is 3.11. The van der Waals surface area contributed by atoms with Gasteiger partial charge in [-0.2, -0.15) is 0 Å². The van der Waals surface area contributed by atoms with Crippen molar-refractivity contribution in [1.82, 2.24) is 10.2 Å². The van der Waals surface area contributed by atoms with Gasteiger partial charge < -0.3 is 15.0 Å². The molecule has 1 aromatic rings. The zero-order chi connectivity index (χ0) is 13.0. The molecule has 0 bridgehead atoms. The lowest BCUT2D eigenvalue weighted by Crippen LogP contribution is -2.50. The average Bonchev–Trinajstić information content (AvgIpc) is 2.41. The first-order valence-corrected chi connectivity index (χ1v) is 6.39. The third-order valence-corrected chi connectivity index (χ3v) is 3.11. The van der Waals surface area contributed by atoms with Gasteiger partial charge in [-0.3, -0.25) is 4.79 Å². The molecule has 4 heteroatoms. The van der Waals surface area contributed by atoms with E-state index in [-0.39, 0.29) is 5.91 Å². The number of hydrogen-bond donors (Lipinski definition) is 1. The Labute approximate surface area is 108 Å². The second kappa shape index (κ2) is 5.87. The number of hydrogen-bond acceptors (Lipinski definition) is 3. The number of aryl methyl sites for hydroxylation is 1. The minimum Gasteiger partial charge on any atom is -0.481 e. The maximum atomic E-state index is 12.1. The summed E-state index contributed by atoms with van der Waals surface area (Å²) in [5, 5.41) is 3.23. The van der Waals surface area contributed by atoms with Crippen molar-refractivity contribution in [3.8, 4) is 5.75 Å². The zero-order valence-electron chi connectivity index (χ0n) is 11.0. The van der Waals surface area contributed by atoms with Gasteiger partial charge in [0, 0.05) is 26.2 Å². The van der Waals surface area contributed by atoms with Gasteiger partial charge in [-0.1, -0.05) is 17.7 Å². The van der Waals surface area contributed by atoms with Crippen molar-refractivity contribution in [3.05, 3.63) is 29.8 Å². The minimum atomic E-state index is -0.425. The van der Waals surface area contributed by atoms with E-state index in [9.17, 15) is 4.79 Å². The molecular weight excluding hydrogens is 228 g/mol. The number of ether oxygens (including phenoxy) is 1. The van der Waals surface area contributed by atoms with E-state index in [2.05, 4.69) is 5.32 Å². The van der Waals surface area contributed by atoms with Gasteiger partial charge in [0.25, 0.3) is 5.91 Å². The van der Waals surface area contributed by atoms with Gasteiger partial charge in [0.15, 0.2) is 6.10 Å². The largest absolute Gasteiger partial charge is 0.481 e. The molecule has 4 nitrogen and oxygen atoms in total. The van der Waals surface area contributed by atoms with Crippen molar-refractivity contribution in [2.75, 3.05) is 26.2 Å². The summed E-state index contributed by atoms with van der Waals surface area (Å²) in [4.78, 5) is 14.0. The maximum absolute atomic E-state index is 12.1. The van der Waals surface area contributed by atoms with Gasteiger partial charge >= 0.3 is 0 Å². The second-order valence-corrected chi connectivity index (χ2v) is 4.65. The molecular formula is C14H20N2O2. The van der Waals surface area contributed by atoms with Crippen LogP contribution in [-0.4, -0.2) is 43.1 Å². The van der Waals surface area contributed by atoms with Crippen LogP contribution in [0.25, 0.3) is 0 Å². The first-order chi connectivity index (χ1) is 8.66. The Morgan fingerprint density at radius 3 is 2.50 bits per heavy atom. The summed E-state index contributed by atoms with van der Waals surface area (Å²) in [7, 11) is 0. The Hall–Kier alpha value is -1.55. The highest BCUT2D eigenvalue weighted by atomic mass is 16.5. The highest BCUT2D eigenvalue weighted by molar-refractivity contribution is 5.81. The van der Waals surface area contributed by atoms with Crippen LogP contribution in [0.4, 0.5) is 0 Å². The van der Waals surface area contributed by atoms with E-state index in [1.165, 1.54) is 5.56 Å². The summed E-state index contributed by atoms with van der Waals surface area (Å²) >= 11 is 0. The number of carbonyl (C=O) groups is 1. The summed E-state index contributed by atoms with van der Waals surface area (Å²) in [6, 6.07) is 7.77. The van der Waals surface area contributed by atoms with E-state index >= 15 is 0 Å². The molecule has 0 radical (unpaired) electrons. The standard InChI is InChI=1S/C14H20N2O2/c1-11-3-5-13(6-4-11)18-12(2)14(17)16-9-7-15-8-10-16/h3-6,12,15H,7-10H2,1-2H3. The van der Waals surface area contributed by atoms with Crippen LogP contribution in [-0.2, 0) is 4.79 Å². The molecule has 1 aromatic carbocycles. The topological polar surface area (TPSA) is 41.6 Å². The van der Waals surface area contributed by atoms with Gasteiger partial charge in [0.1, 0.15) is 5.75 Å². The van der Waals surface area contributed by atoms with E-state index in [4.69, 9.17) is 4.74 Å². The summed E-state index contributed by atoms with van der Waals surface area (Å²) in [6.45, 7) is 7.09. The first kappa shape index (κ1) is 12.9. The lowest BCUT2D eigenvalue weighted by Gasteiger charge is -2.29. The van der Waals surface area contributed by atoms with Gasteiger partial charge in [-0.05, 0) is 26.0 Å². The van der Waals surface area contributed by atoms with Gasteiger partial charge in [0.2, 0.25) is 0 Å². The van der Waals surface area contributed by atoms with E-state index in [1.54, 1.807) is 0 Å². The molecule has 1 atom stereocenters. The van der Waals surface area contributed by atoms with Gasteiger partial charge in [-0.15, -0.1) is 0 Å². The molecule has 1 aliphatic rings. The molecule has 1 fully saturated rings. The molecule has 0 aromatic heterocycles. The van der Waals surface area contributed by atoms with Crippen LogP contribution in [0.15, 0.2) is 24.3 Å². The minimum absolute atomic E-state index is 0.0667. The Balaban J connectivity index is 1.92.